The lowest BCUT2D eigenvalue weighted by atomic mass is 10.4. The number of halogens is 1. The molecule has 0 saturated heterocycles. The molecule has 1 aromatic rings. The molecular weight excluding hydrogens is 228 g/mol. The summed E-state index contributed by atoms with van der Waals surface area (Å²) in [5.41, 5.74) is 0. The molecule has 0 fully saturated rings. The molecular formula is C8H11ClO2S2. The van der Waals surface area contributed by atoms with E-state index in [0.29, 0.717) is 4.34 Å². The third-order valence-corrected chi connectivity index (χ3v) is 5.63. The molecule has 1 rings (SSSR count). The molecule has 1 heterocycles. The minimum atomic E-state index is -2.99. The van der Waals surface area contributed by atoms with Crippen molar-refractivity contribution in [2.75, 3.05) is 5.75 Å². The standard InChI is InChI=1S/C8H11ClO2S2/c1-3-13(10,11)6(2)7-4-5-8(9)12-7/h4-6H,3H2,1-2H3. The average Bonchev–Trinajstić information content (AvgIpc) is 2.50. The first-order chi connectivity index (χ1) is 5.97. The zero-order valence-corrected chi connectivity index (χ0v) is 9.84. The van der Waals surface area contributed by atoms with Crippen molar-refractivity contribution in [1.82, 2.24) is 0 Å². The minimum Gasteiger partial charge on any atom is -0.228 e. The van der Waals surface area contributed by atoms with E-state index in [4.69, 9.17) is 11.6 Å². The second kappa shape index (κ2) is 3.98. The first kappa shape index (κ1) is 11.0. The van der Waals surface area contributed by atoms with Crippen LogP contribution in [0.5, 0.6) is 0 Å². The van der Waals surface area contributed by atoms with Gasteiger partial charge in [0.2, 0.25) is 0 Å². The van der Waals surface area contributed by atoms with E-state index in [1.165, 1.54) is 11.3 Å². The molecule has 0 N–H and O–H groups in total. The molecule has 0 radical (unpaired) electrons. The van der Waals surface area contributed by atoms with Gasteiger partial charge < -0.3 is 0 Å². The zero-order valence-electron chi connectivity index (χ0n) is 7.45. The Morgan fingerprint density at radius 1 is 1.54 bits per heavy atom. The highest BCUT2D eigenvalue weighted by molar-refractivity contribution is 7.91. The summed E-state index contributed by atoms with van der Waals surface area (Å²) in [4.78, 5) is 0.812. The molecule has 1 unspecified atom stereocenters. The highest BCUT2D eigenvalue weighted by Gasteiger charge is 2.21. The second-order valence-corrected chi connectivity index (χ2v) is 7.09. The number of hydrogen-bond acceptors (Lipinski definition) is 3. The van der Waals surface area contributed by atoms with Crippen LogP contribution in [0, 0.1) is 0 Å². The SMILES string of the molecule is CCS(=O)(=O)C(C)c1ccc(Cl)s1. The summed E-state index contributed by atoms with van der Waals surface area (Å²) in [6.45, 7) is 3.35. The highest BCUT2D eigenvalue weighted by Crippen LogP contribution is 2.31. The van der Waals surface area contributed by atoms with Gasteiger partial charge in [0.25, 0.3) is 0 Å². The molecule has 0 spiro atoms. The Kier molecular flexibility index (Phi) is 3.38. The van der Waals surface area contributed by atoms with Gasteiger partial charge in [0, 0.05) is 10.6 Å². The molecule has 74 valence electrons. The fourth-order valence-corrected chi connectivity index (χ4v) is 3.48. The molecule has 0 bridgehead atoms. The van der Waals surface area contributed by atoms with Gasteiger partial charge in [0.05, 0.1) is 9.59 Å². The van der Waals surface area contributed by atoms with Gasteiger partial charge in [-0.05, 0) is 19.1 Å². The lowest BCUT2D eigenvalue weighted by Crippen LogP contribution is -2.10. The third kappa shape index (κ3) is 2.45. The molecule has 0 saturated carbocycles. The van der Waals surface area contributed by atoms with Crippen molar-refractivity contribution in [2.24, 2.45) is 0 Å². The normalized spacial score (nSPS) is 14.4. The van der Waals surface area contributed by atoms with E-state index >= 15 is 0 Å². The molecule has 1 aromatic heterocycles. The maximum atomic E-state index is 11.5. The lowest BCUT2D eigenvalue weighted by Gasteiger charge is -2.08. The zero-order chi connectivity index (χ0) is 10.1. The quantitative estimate of drug-likeness (QED) is 0.812. The van der Waals surface area contributed by atoms with E-state index in [2.05, 4.69) is 0 Å². The Morgan fingerprint density at radius 3 is 2.54 bits per heavy atom. The predicted molar refractivity (Wildman–Crippen MR) is 57.2 cm³/mol. The van der Waals surface area contributed by atoms with Crippen molar-refractivity contribution < 1.29 is 8.42 Å². The summed E-state index contributed by atoms with van der Waals surface area (Å²) in [6.07, 6.45) is 0. The molecule has 13 heavy (non-hydrogen) atoms. The fourth-order valence-electron chi connectivity index (χ4n) is 0.974. The Balaban J connectivity index is 2.98. The van der Waals surface area contributed by atoms with E-state index in [1.54, 1.807) is 26.0 Å². The number of rotatable bonds is 3. The summed E-state index contributed by atoms with van der Waals surface area (Å²) >= 11 is 7.05. The maximum absolute atomic E-state index is 11.5. The largest absolute Gasteiger partial charge is 0.228 e. The van der Waals surface area contributed by atoms with Crippen molar-refractivity contribution >= 4 is 32.8 Å². The monoisotopic (exact) mass is 238 g/mol. The topological polar surface area (TPSA) is 34.1 Å². The second-order valence-electron chi connectivity index (χ2n) is 2.74. The van der Waals surface area contributed by atoms with Crippen LogP contribution in [0.1, 0.15) is 24.0 Å². The molecule has 2 nitrogen and oxygen atoms in total. The molecule has 1 atom stereocenters. The van der Waals surface area contributed by atoms with Crippen molar-refractivity contribution in [3.63, 3.8) is 0 Å². The fraction of sp³-hybridized carbons (Fsp3) is 0.500. The molecule has 0 amide bonds. The van der Waals surface area contributed by atoms with Crippen LogP contribution >= 0.6 is 22.9 Å². The van der Waals surface area contributed by atoms with Gasteiger partial charge >= 0.3 is 0 Å². The van der Waals surface area contributed by atoms with Crippen molar-refractivity contribution in [2.45, 2.75) is 19.1 Å². The predicted octanol–water partition coefficient (Wildman–Crippen LogP) is 2.90. The summed E-state index contributed by atoms with van der Waals surface area (Å²) in [5, 5.41) is -0.435. The van der Waals surface area contributed by atoms with Crippen LogP contribution in [0.2, 0.25) is 4.34 Å². The van der Waals surface area contributed by atoms with E-state index in [-0.39, 0.29) is 5.75 Å². The molecule has 0 aromatic carbocycles. The molecule has 0 aliphatic carbocycles. The van der Waals surface area contributed by atoms with Gasteiger partial charge in [-0.3, -0.25) is 0 Å². The summed E-state index contributed by atoms with van der Waals surface area (Å²) < 4.78 is 23.6. The Hall–Kier alpha value is -0.0600. The van der Waals surface area contributed by atoms with Crippen LogP contribution in [0.4, 0.5) is 0 Å². The van der Waals surface area contributed by atoms with Gasteiger partial charge in [0.1, 0.15) is 0 Å². The maximum Gasteiger partial charge on any atom is 0.157 e. The van der Waals surface area contributed by atoms with E-state index < -0.39 is 15.1 Å². The highest BCUT2D eigenvalue weighted by atomic mass is 35.5. The summed E-state index contributed by atoms with van der Waals surface area (Å²) in [6, 6.07) is 3.49. The van der Waals surface area contributed by atoms with E-state index in [0.717, 1.165) is 4.88 Å². The van der Waals surface area contributed by atoms with Gasteiger partial charge in [0.15, 0.2) is 9.84 Å². The van der Waals surface area contributed by atoms with Gasteiger partial charge in [-0.15, -0.1) is 11.3 Å². The van der Waals surface area contributed by atoms with Gasteiger partial charge in [-0.25, -0.2) is 8.42 Å². The van der Waals surface area contributed by atoms with Crippen molar-refractivity contribution in [3.05, 3.63) is 21.3 Å². The van der Waals surface area contributed by atoms with Crippen LogP contribution < -0.4 is 0 Å². The minimum absolute atomic E-state index is 0.170. The first-order valence-corrected chi connectivity index (χ1v) is 6.85. The van der Waals surface area contributed by atoms with Crippen LogP contribution in [-0.4, -0.2) is 14.2 Å². The Morgan fingerprint density at radius 2 is 2.15 bits per heavy atom. The third-order valence-electron chi connectivity index (χ3n) is 1.94. The smallest absolute Gasteiger partial charge is 0.157 e. The Labute approximate surface area is 87.5 Å². The van der Waals surface area contributed by atoms with E-state index in [9.17, 15) is 8.42 Å². The Bertz CT molecular complexity index is 381. The van der Waals surface area contributed by atoms with Gasteiger partial charge in [-0.2, -0.15) is 0 Å². The first-order valence-electron chi connectivity index (χ1n) is 3.94. The number of thiophene rings is 1. The summed E-state index contributed by atoms with van der Waals surface area (Å²) in [5.74, 6) is 0.170. The van der Waals surface area contributed by atoms with Crippen LogP contribution in [0.25, 0.3) is 0 Å². The number of sulfone groups is 1. The van der Waals surface area contributed by atoms with Crippen molar-refractivity contribution in [3.8, 4) is 0 Å². The molecule has 5 heteroatoms. The number of hydrogen-bond donors (Lipinski definition) is 0. The van der Waals surface area contributed by atoms with Crippen LogP contribution in [0.3, 0.4) is 0 Å². The lowest BCUT2D eigenvalue weighted by molar-refractivity contribution is 0.588. The van der Waals surface area contributed by atoms with E-state index in [1.807, 2.05) is 0 Å². The van der Waals surface area contributed by atoms with Crippen LogP contribution in [0.15, 0.2) is 12.1 Å². The van der Waals surface area contributed by atoms with Gasteiger partial charge in [-0.1, -0.05) is 18.5 Å². The average molecular weight is 239 g/mol. The summed E-state index contributed by atoms with van der Waals surface area (Å²) in [7, 11) is -2.99. The van der Waals surface area contributed by atoms with Crippen molar-refractivity contribution in [1.29, 1.82) is 0 Å². The molecule has 0 aliphatic heterocycles. The molecule has 0 aliphatic rings. The van der Waals surface area contributed by atoms with Crippen LogP contribution in [-0.2, 0) is 9.84 Å².